The number of hydrogen-bond donors (Lipinski definition) is 1. The predicted molar refractivity (Wildman–Crippen MR) is 81.6 cm³/mol. The molecule has 1 fully saturated rings. The number of nitrogens with two attached hydrogens (primary N) is 1. The molecule has 0 radical (unpaired) electrons. The maximum Gasteiger partial charge on any atom is 0.0599 e. The summed E-state index contributed by atoms with van der Waals surface area (Å²) in [6.07, 6.45) is 4.94. The van der Waals surface area contributed by atoms with Gasteiger partial charge in [0.1, 0.15) is 0 Å². The summed E-state index contributed by atoms with van der Waals surface area (Å²) in [7, 11) is 0. The van der Waals surface area contributed by atoms with Gasteiger partial charge in [-0.15, -0.1) is 11.3 Å². The molecule has 2 heterocycles. The maximum absolute atomic E-state index is 5.87. The summed E-state index contributed by atoms with van der Waals surface area (Å²) in [6.45, 7) is 6.15. The van der Waals surface area contributed by atoms with Crippen LogP contribution in [0.5, 0.6) is 0 Å². The third-order valence-electron chi connectivity index (χ3n) is 3.88. The average molecular weight is 282 g/mol. The van der Waals surface area contributed by atoms with Gasteiger partial charge in [-0.1, -0.05) is 13.0 Å². The van der Waals surface area contributed by atoms with Crippen molar-refractivity contribution in [3.63, 3.8) is 0 Å². The fraction of sp³-hybridized carbons (Fsp3) is 0.733. The van der Waals surface area contributed by atoms with Crippen LogP contribution < -0.4 is 5.73 Å². The standard InChI is InChI=1S/C15H26N2OS/c1-2-14(15-5-3-12-19-15)17-9-6-13(7-10-17)18-11-4-8-16/h3,5,12-14H,2,4,6-11,16H2,1H3. The highest BCUT2D eigenvalue weighted by molar-refractivity contribution is 7.10. The lowest BCUT2D eigenvalue weighted by Gasteiger charge is -2.36. The minimum Gasteiger partial charge on any atom is -0.378 e. The van der Waals surface area contributed by atoms with Crippen molar-refractivity contribution in [2.75, 3.05) is 26.2 Å². The molecular weight excluding hydrogens is 256 g/mol. The molecule has 2 N–H and O–H groups in total. The van der Waals surface area contributed by atoms with Crippen LogP contribution >= 0.6 is 11.3 Å². The highest BCUT2D eigenvalue weighted by Crippen LogP contribution is 2.30. The minimum atomic E-state index is 0.448. The molecule has 19 heavy (non-hydrogen) atoms. The first kappa shape index (κ1) is 15.0. The van der Waals surface area contributed by atoms with Gasteiger partial charge in [0, 0.05) is 30.6 Å². The molecule has 1 unspecified atom stereocenters. The van der Waals surface area contributed by atoms with Gasteiger partial charge in [0.05, 0.1) is 6.10 Å². The van der Waals surface area contributed by atoms with Crippen molar-refractivity contribution in [3.8, 4) is 0 Å². The Bertz CT molecular complexity index is 334. The van der Waals surface area contributed by atoms with Crippen molar-refractivity contribution in [3.05, 3.63) is 22.4 Å². The van der Waals surface area contributed by atoms with Gasteiger partial charge in [-0.2, -0.15) is 0 Å². The van der Waals surface area contributed by atoms with Crippen LogP contribution in [0, 0.1) is 0 Å². The smallest absolute Gasteiger partial charge is 0.0599 e. The third kappa shape index (κ3) is 4.28. The molecule has 108 valence electrons. The summed E-state index contributed by atoms with van der Waals surface area (Å²) < 4.78 is 5.87. The molecule has 2 rings (SSSR count). The Labute approximate surface area is 120 Å². The van der Waals surface area contributed by atoms with E-state index >= 15 is 0 Å². The molecule has 1 aliphatic heterocycles. The Morgan fingerprint density at radius 3 is 2.84 bits per heavy atom. The highest BCUT2D eigenvalue weighted by Gasteiger charge is 2.25. The van der Waals surface area contributed by atoms with Crippen molar-refractivity contribution < 1.29 is 4.74 Å². The molecule has 4 heteroatoms. The monoisotopic (exact) mass is 282 g/mol. The van der Waals surface area contributed by atoms with Crippen LogP contribution in [0.2, 0.25) is 0 Å². The Hall–Kier alpha value is -0.420. The van der Waals surface area contributed by atoms with E-state index in [0.717, 1.165) is 45.5 Å². The lowest BCUT2D eigenvalue weighted by atomic mass is 10.0. The van der Waals surface area contributed by atoms with E-state index in [9.17, 15) is 0 Å². The summed E-state index contributed by atoms with van der Waals surface area (Å²) in [5.41, 5.74) is 5.49. The van der Waals surface area contributed by atoms with E-state index in [-0.39, 0.29) is 0 Å². The molecule has 0 spiro atoms. The van der Waals surface area contributed by atoms with Crippen molar-refractivity contribution in [1.29, 1.82) is 0 Å². The van der Waals surface area contributed by atoms with Crippen LogP contribution in [0.1, 0.15) is 43.5 Å². The Morgan fingerprint density at radius 2 is 2.26 bits per heavy atom. The van der Waals surface area contributed by atoms with E-state index in [0.29, 0.717) is 12.1 Å². The average Bonchev–Trinajstić information content (AvgIpc) is 2.96. The van der Waals surface area contributed by atoms with Crippen molar-refractivity contribution >= 4 is 11.3 Å². The van der Waals surface area contributed by atoms with Crippen molar-refractivity contribution in [2.24, 2.45) is 5.73 Å². The summed E-state index contributed by atoms with van der Waals surface area (Å²) >= 11 is 1.88. The first-order valence-corrected chi connectivity index (χ1v) is 8.32. The van der Waals surface area contributed by atoms with Gasteiger partial charge in [-0.05, 0) is 43.7 Å². The predicted octanol–water partition coefficient (Wildman–Crippen LogP) is 3.03. The zero-order chi connectivity index (χ0) is 13.5. The summed E-state index contributed by atoms with van der Waals surface area (Å²) in [4.78, 5) is 4.12. The van der Waals surface area contributed by atoms with Gasteiger partial charge in [0.25, 0.3) is 0 Å². The number of rotatable bonds is 7. The molecule has 1 atom stereocenters. The molecule has 0 amide bonds. The number of thiophene rings is 1. The first-order valence-electron chi connectivity index (χ1n) is 7.44. The third-order valence-corrected chi connectivity index (χ3v) is 4.85. The second-order valence-electron chi connectivity index (χ2n) is 5.19. The fourth-order valence-corrected chi connectivity index (χ4v) is 3.75. The lowest BCUT2D eigenvalue weighted by Crippen LogP contribution is -2.39. The Balaban J connectivity index is 1.78. The molecule has 1 aliphatic rings. The molecule has 0 saturated carbocycles. The van der Waals surface area contributed by atoms with E-state index in [2.05, 4.69) is 29.3 Å². The van der Waals surface area contributed by atoms with Gasteiger partial charge in [-0.3, -0.25) is 4.90 Å². The van der Waals surface area contributed by atoms with E-state index in [1.54, 1.807) is 0 Å². The van der Waals surface area contributed by atoms with Gasteiger partial charge in [0.15, 0.2) is 0 Å². The topological polar surface area (TPSA) is 38.5 Å². The molecule has 3 nitrogen and oxygen atoms in total. The summed E-state index contributed by atoms with van der Waals surface area (Å²) in [5.74, 6) is 0. The van der Waals surface area contributed by atoms with Crippen LogP contribution in [0.15, 0.2) is 17.5 Å². The van der Waals surface area contributed by atoms with Crippen LogP contribution in [0.4, 0.5) is 0 Å². The highest BCUT2D eigenvalue weighted by atomic mass is 32.1. The molecule has 1 saturated heterocycles. The van der Waals surface area contributed by atoms with Gasteiger partial charge >= 0.3 is 0 Å². The number of ether oxygens (including phenoxy) is 1. The molecular formula is C15H26N2OS. The molecule has 1 aromatic rings. The first-order chi connectivity index (χ1) is 9.35. The molecule has 0 bridgehead atoms. The lowest BCUT2D eigenvalue weighted by molar-refractivity contribution is -0.00259. The van der Waals surface area contributed by atoms with E-state index in [1.165, 1.54) is 11.3 Å². The second-order valence-corrected chi connectivity index (χ2v) is 6.17. The van der Waals surface area contributed by atoms with Crippen molar-refractivity contribution in [1.82, 2.24) is 4.90 Å². The van der Waals surface area contributed by atoms with Gasteiger partial charge < -0.3 is 10.5 Å². The summed E-state index contributed by atoms with van der Waals surface area (Å²) in [6, 6.07) is 5.03. The Kier molecular flexibility index (Phi) is 6.31. The van der Waals surface area contributed by atoms with Gasteiger partial charge in [-0.25, -0.2) is 0 Å². The second kappa shape index (κ2) is 8.00. The quantitative estimate of drug-likeness (QED) is 0.781. The molecule has 0 aromatic carbocycles. The van der Waals surface area contributed by atoms with E-state index in [4.69, 9.17) is 10.5 Å². The SMILES string of the molecule is CCC(c1cccs1)N1CCC(OCCCN)CC1. The van der Waals surface area contributed by atoms with Crippen LogP contribution in [-0.4, -0.2) is 37.2 Å². The maximum atomic E-state index is 5.87. The minimum absolute atomic E-state index is 0.448. The number of hydrogen-bond acceptors (Lipinski definition) is 4. The number of piperidine rings is 1. The van der Waals surface area contributed by atoms with Gasteiger partial charge in [0.2, 0.25) is 0 Å². The van der Waals surface area contributed by atoms with E-state index < -0.39 is 0 Å². The van der Waals surface area contributed by atoms with Crippen LogP contribution in [0.25, 0.3) is 0 Å². The molecule has 1 aromatic heterocycles. The van der Waals surface area contributed by atoms with Crippen LogP contribution in [-0.2, 0) is 4.74 Å². The Morgan fingerprint density at radius 1 is 1.47 bits per heavy atom. The zero-order valence-corrected chi connectivity index (χ0v) is 12.7. The normalized spacial score (nSPS) is 19.7. The molecule has 0 aliphatic carbocycles. The fourth-order valence-electron chi connectivity index (χ4n) is 2.81. The number of likely N-dealkylation sites (tertiary alicyclic amines) is 1. The zero-order valence-electron chi connectivity index (χ0n) is 11.9. The summed E-state index contributed by atoms with van der Waals surface area (Å²) in [5, 5.41) is 2.18. The van der Waals surface area contributed by atoms with Crippen molar-refractivity contribution in [2.45, 2.75) is 44.8 Å². The largest absolute Gasteiger partial charge is 0.378 e. The van der Waals surface area contributed by atoms with E-state index in [1.807, 2.05) is 11.3 Å². The number of nitrogens with zero attached hydrogens (tertiary/aromatic N) is 1. The van der Waals surface area contributed by atoms with Crippen LogP contribution in [0.3, 0.4) is 0 Å².